The summed E-state index contributed by atoms with van der Waals surface area (Å²) in [6, 6.07) is 10.4. The molecule has 1 amide bonds. The Morgan fingerprint density at radius 1 is 1.14 bits per heavy atom. The van der Waals surface area contributed by atoms with Gasteiger partial charge in [-0.2, -0.15) is 13.2 Å². The van der Waals surface area contributed by atoms with E-state index in [9.17, 15) is 27.6 Å². The van der Waals surface area contributed by atoms with Gasteiger partial charge in [-0.05, 0) is 25.6 Å². The molecule has 0 fully saturated rings. The number of benzene rings is 1. The molecule has 0 atom stereocenters. The number of nitrogens with zero attached hydrogens (tertiary/aromatic N) is 3. The highest BCUT2D eigenvalue weighted by Crippen LogP contribution is 2.15. The van der Waals surface area contributed by atoms with Crippen LogP contribution in [0.25, 0.3) is 0 Å². The summed E-state index contributed by atoms with van der Waals surface area (Å²) in [4.78, 5) is 37.7. The van der Waals surface area contributed by atoms with E-state index in [1.807, 2.05) is 30.3 Å². The van der Waals surface area contributed by atoms with Gasteiger partial charge in [-0.15, -0.1) is 0 Å². The van der Waals surface area contributed by atoms with Crippen LogP contribution >= 0.6 is 0 Å². The maximum absolute atomic E-state index is 12.5. The van der Waals surface area contributed by atoms with Crippen LogP contribution < -0.4 is 16.6 Å². The van der Waals surface area contributed by atoms with Gasteiger partial charge in [0.2, 0.25) is 5.91 Å². The lowest BCUT2D eigenvalue weighted by molar-refractivity contribution is -0.143. The zero-order valence-corrected chi connectivity index (χ0v) is 16.0. The van der Waals surface area contributed by atoms with Gasteiger partial charge < -0.3 is 5.32 Å². The van der Waals surface area contributed by atoms with Crippen LogP contribution in [-0.2, 0) is 17.9 Å². The SMILES string of the molecule is CN(CCCNC(=O)Cn1c(=O)ccn(Cc2ccccc2)c1=O)CC(F)(F)F. The highest BCUT2D eigenvalue weighted by atomic mass is 19.4. The number of rotatable bonds is 9. The Balaban J connectivity index is 1.90. The number of carbonyl (C=O) groups is 1. The summed E-state index contributed by atoms with van der Waals surface area (Å²) < 4.78 is 38.9. The molecule has 0 aliphatic rings. The fourth-order valence-electron chi connectivity index (χ4n) is 2.76. The van der Waals surface area contributed by atoms with Gasteiger partial charge in [-0.3, -0.25) is 23.6 Å². The van der Waals surface area contributed by atoms with Crippen molar-refractivity contribution in [2.75, 3.05) is 26.7 Å². The predicted octanol–water partition coefficient (Wildman–Crippen LogP) is 1.06. The molecule has 1 aromatic carbocycles. The molecule has 2 rings (SSSR count). The third-order valence-electron chi connectivity index (χ3n) is 4.13. The van der Waals surface area contributed by atoms with E-state index in [2.05, 4.69) is 5.32 Å². The van der Waals surface area contributed by atoms with Crippen molar-refractivity contribution in [1.82, 2.24) is 19.4 Å². The summed E-state index contributed by atoms with van der Waals surface area (Å²) in [5.41, 5.74) is -0.340. The molecule has 1 heterocycles. The molecule has 0 aliphatic heterocycles. The molecule has 2 aromatic rings. The van der Waals surface area contributed by atoms with Crippen molar-refractivity contribution in [3.8, 4) is 0 Å². The van der Waals surface area contributed by atoms with Crippen LogP contribution in [-0.4, -0.2) is 52.8 Å². The molecule has 0 unspecified atom stereocenters. The van der Waals surface area contributed by atoms with E-state index in [-0.39, 0.29) is 19.6 Å². The molecule has 0 saturated heterocycles. The third-order valence-corrected chi connectivity index (χ3v) is 4.13. The van der Waals surface area contributed by atoms with Crippen LogP contribution in [0.1, 0.15) is 12.0 Å². The van der Waals surface area contributed by atoms with Crippen molar-refractivity contribution in [2.24, 2.45) is 0 Å². The zero-order valence-electron chi connectivity index (χ0n) is 16.0. The molecule has 29 heavy (non-hydrogen) atoms. The maximum atomic E-state index is 12.5. The molecule has 1 aromatic heterocycles. The monoisotopic (exact) mass is 412 g/mol. The van der Waals surface area contributed by atoms with Crippen LogP contribution in [0, 0.1) is 0 Å². The second kappa shape index (κ2) is 10.1. The molecule has 158 valence electrons. The number of amides is 1. The first kappa shape index (κ1) is 22.4. The van der Waals surface area contributed by atoms with E-state index in [1.54, 1.807) is 0 Å². The van der Waals surface area contributed by atoms with Gasteiger partial charge in [0.1, 0.15) is 6.54 Å². The number of nitrogens with one attached hydrogen (secondary N) is 1. The number of halogens is 3. The summed E-state index contributed by atoms with van der Waals surface area (Å²) in [6.07, 6.45) is -2.59. The smallest absolute Gasteiger partial charge is 0.354 e. The standard InChI is InChI=1S/C19H23F3N4O3/c1-24(14-19(20,21)22)10-5-9-23-16(27)13-26-17(28)8-11-25(18(26)29)12-15-6-3-2-4-7-15/h2-4,6-8,11H,5,9-10,12-14H2,1H3,(H,23,27). The first-order valence-electron chi connectivity index (χ1n) is 9.02. The third kappa shape index (κ3) is 7.57. The van der Waals surface area contributed by atoms with Crippen molar-refractivity contribution in [1.29, 1.82) is 0 Å². The molecule has 7 nitrogen and oxygen atoms in total. The quantitative estimate of drug-likeness (QED) is 0.625. The summed E-state index contributed by atoms with van der Waals surface area (Å²) in [5.74, 6) is -0.555. The summed E-state index contributed by atoms with van der Waals surface area (Å²) in [7, 11) is 1.34. The number of carbonyl (C=O) groups excluding carboxylic acids is 1. The van der Waals surface area contributed by atoms with Crippen molar-refractivity contribution < 1.29 is 18.0 Å². The summed E-state index contributed by atoms with van der Waals surface area (Å²) in [5, 5.41) is 2.52. The Morgan fingerprint density at radius 3 is 2.48 bits per heavy atom. The second-order valence-electron chi connectivity index (χ2n) is 6.69. The molecule has 0 spiro atoms. The molecule has 0 radical (unpaired) electrons. The van der Waals surface area contributed by atoms with Crippen LogP contribution in [0.4, 0.5) is 13.2 Å². The van der Waals surface area contributed by atoms with E-state index in [0.717, 1.165) is 15.0 Å². The second-order valence-corrected chi connectivity index (χ2v) is 6.69. The topological polar surface area (TPSA) is 76.3 Å². The first-order valence-corrected chi connectivity index (χ1v) is 9.02. The Hall–Kier alpha value is -2.88. The van der Waals surface area contributed by atoms with Crippen LogP contribution in [0.3, 0.4) is 0 Å². The molecule has 10 heteroatoms. The molecular formula is C19H23F3N4O3. The van der Waals surface area contributed by atoms with Gasteiger partial charge >= 0.3 is 11.9 Å². The molecule has 1 N–H and O–H groups in total. The Labute approximate surface area is 165 Å². The highest BCUT2D eigenvalue weighted by molar-refractivity contribution is 5.75. The van der Waals surface area contributed by atoms with Crippen molar-refractivity contribution >= 4 is 5.91 Å². The number of aromatic nitrogens is 2. The van der Waals surface area contributed by atoms with Gasteiger partial charge in [-0.25, -0.2) is 4.79 Å². The van der Waals surface area contributed by atoms with Gasteiger partial charge in [-0.1, -0.05) is 30.3 Å². The van der Waals surface area contributed by atoms with Gasteiger partial charge in [0.25, 0.3) is 5.56 Å². The highest BCUT2D eigenvalue weighted by Gasteiger charge is 2.28. The summed E-state index contributed by atoms with van der Waals surface area (Å²) in [6.45, 7) is -0.935. The minimum Gasteiger partial charge on any atom is -0.354 e. The lowest BCUT2D eigenvalue weighted by Crippen LogP contribution is -2.43. The summed E-state index contributed by atoms with van der Waals surface area (Å²) >= 11 is 0. The van der Waals surface area contributed by atoms with E-state index in [0.29, 0.717) is 6.42 Å². The molecule has 0 saturated carbocycles. The average Bonchev–Trinajstić information content (AvgIpc) is 2.64. The van der Waals surface area contributed by atoms with E-state index >= 15 is 0 Å². The van der Waals surface area contributed by atoms with Crippen LogP contribution in [0.2, 0.25) is 0 Å². The van der Waals surface area contributed by atoms with Crippen LogP contribution in [0.5, 0.6) is 0 Å². The average molecular weight is 412 g/mol. The fraction of sp³-hybridized carbons (Fsp3) is 0.421. The lowest BCUT2D eigenvalue weighted by Gasteiger charge is -2.18. The normalized spacial score (nSPS) is 11.6. The number of hydrogen-bond donors (Lipinski definition) is 1. The van der Waals surface area contributed by atoms with Gasteiger partial charge in [0, 0.05) is 18.8 Å². The van der Waals surface area contributed by atoms with E-state index in [4.69, 9.17) is 0 Å². The van der Waals surface area contributed by atoms with Crippen molar-refractivity contribution in [2.45, 2.75) is 25.7 Å². The molecular weight excluding hydrogens is 389 g/mol. The minimum absolute atomic E-state index is 0.140. The Morgan fingerprint density at radius 2 is 1.83 bits per heavy atom. The van der Waals surface area contributed by atoms with Gasteiger partial charge in [0.15, 0.2) is 0 Å². The van der Waals surface area contributed by atoms with Crippen LogP contribution in [0.15, 0.2) is 52.2 Å². The molecule has 0 aliphatic carbocycles. The Bertz CT molecular complexity index is 923. The minimum atomic E-state index is -4.27. The number of hydrogen-bond acceptors (Lipinski definition) is 4. The van der Waals surface area contributed by atoms with Gasteiger partial charge in [0.05, 0.1) is 13.1 Å². The zero-order chi connectivity index (χ0) is 21.4. The van der Waals surface area contributed by atoms with Crippen molar-refractivity contribution in [3.05, 3.63) is 69.0 Å². The van der Waals surface area contributed by atoms with E-state index in [1.165, 1.54) is 23.9 Å². The first-order chi connectivity index (χ1) is 13.7. The Kier molecular flexibility index (Phi) is 7.77. The predicted molar refractivity (Wildman–Crippen MR) is 102 cm³/mol. The fourth-order valence-corrected chi connectivity index (χ4v) is 2.76. The molecule has 0 bridgehead atoms. The lowest BCUT2D eigenvalue weighted by atomic mass is 10.2. The maximum Gasteiger partial charge on any atom is 0.401 e. The largest absolute Gasteiger partial charge is 0.401 e. The van der Waals surface area contributed by atoms with E-state index < -0.39 is 36.4 Å². The number of alkyl halides is 3. The van der Waals surface area contributed by atoms with Crippen molar-refractivity contribution in [3.63, 3.8) is 0 Å².